The SMILES string of the molecule is Cc1c(-c2nc3cc(CO)cc(C#N)c3o2)cccc1-c1cccc(NC(=O)c2nc3c(n2C)CC(C)N(C(=O)O)C3)c1Cl. The van der Waals surface area contributed by atoms with Gasteiger partial charge in [0, 0.05) is 36.3 Å². The van der Waals surface area contributed by atoms with Crippen LogP contribution in [-0.4, -0.2) is 47.7 Å². The smallest absolute Gasteiger partial charge is 0.407 e. The van der Waals surface area contributed by atoms with Crippen LogP contribution < -0.4 is 5.32 Å². The number of aliphatic hydroxyl groups excluding tert-OH is 1. The normalized spacial score (nSPS) is 14.4. The van der Waals surface area contributed by atoms with Crippen LogP contribution in [0.4, 0.5) is 10.5 Å². The minimum absolute atomic E-state index is 0.110. The summed E-state index contributed by atoms with van der Waals surface area (Å²) in [5, 5.41) is 31.9. The first-order chi connectivity index (χ1) is 21.1. The molecule has 1 atom stereocenters. The Morgan fingerprint density at radius 2 is 1.89 bits per heavy atom. The van der Waals surface area contributed by atoms with E-state index in [2.05, 4.69) is 21.4 Å². The van der Waals surface area contributed by atoms with E-state index < -0.39 is 12.0 Å². The Labute approximate surface area is 256 Å². The zero-order valence-electron chi connectivity index (χ0n) is 24.1. The lowest BCUT2D eigenvalue weighted by molar-refractivity contribution is 0.101. The molecule has 11 nitrogen and oxygen atoms in total. The van der Waals surface area contributed by atoms with E-state index in [0.717, 1.165) is 16.8 Å². The summed E-state index contributed by atoms with van der Waals surface area (Å²) in [7, 11) is 1.74. The number of nitrogens with zero attached hydrogens (tertiary/aromatic N) is 5. The molecule has 1 unspecified atom stereocenters. The number of nitrogens with one attached hydrogen (secondary N) is 1. The second kappa shape index (κ2) is 11.1. The molecule has 0 radical (unpaired) electrons. The highest BCUT2D eigenvalue weighted by Gasteiger charge is 2.32. The lowest BCUT2D eigenvalue weighted by Crippen LogP contribution is -2.42. The summed E-state index contributed by atoms with van der Waals surface area (Å²) in [5.41, 5.74) is 6.40. The number of oxazole rings is 1. The molecule has 44 heavy (non-hydrogen) atoms. The molecule has 0 saturated heterocycles. The third-order valence-corrected chi connectivity index (χ3v) is 8.45. The number of carboxylic acid groups (broad SMARTS) is 1. The Hall–Kier alpha value is -5.18. The zero-order valence-corrected chi connectivity index (χ0v) is 24.8. The number of halogens is 1. The van der Waals surface area contributed by atoms with E-state index in [1.165, 1.54) is 4.90 Å². The van der Waals surface area contributed by atoms with Gasteiger partial charge in [-0.2, -0.15) is 5.26 Å². The summed E-state index contributed by atoms with van der Waals surface area (Å²) in [6, 6.07) is 16.1. The van der Waals surface area contributed by atoms with Crippen molar-refractivity contribution < 1.29 is 24.2 Å². The van der Waals surface area contributed by atoms with Gasteiger partial charge >= 0.3 is 6.09 Å². The van der Waals surface area contributed by atoms with E-state index in [1.807, 2.05) is 38.1 Å². The van der Waals surface area contributed by atoms with Gasteiger partial charge in [0.15, 0.2) is 11.4 Å². The fourth-order valence-corrected chi connectivity index (χ4v) is 5.97. The lowest BCUT2D eigenvalue weighted by atomic mass is 9.96. The second-order valence-electron chi connectivity index (χ2n) is 10.7. The van der Waals surface area contributed by atoms with Crippen LogP contribution in [0.1, 0.15) is 45.6 Å². The van der Waals surface area contributed by atoms with E-state index in [9.17, 15) is 25.1 Å². The molecule has 3 N–H and O–H groups in total. The molecule has 0 spiro atoms. The quantitative estimate of drug-likeness (QED) is 0.222. The number of hydrogen-bond acceptors (Lipinski definition) is 7. The Kier molecular flexibility index (Phi) is 7.33. The second-order valence-corrected chi connectivity index (χ2v) is 11.1. The monoisotopic (exact) mass is 610 g/mol. The first-order valence-corrected chi connectivity index (χ1v) is 14.2. The number of benzene rings is 3. The number of anilines is 1. The maximum atomic E-state index is 13.4. The van der Waals surface area contributed by atoms with Crippen molar-refractivity contribution in [1.82, 2.24) is 19.4 Å². The van der Waals surface area contributed by atoms with Crippen molar-refractivity contribution >= 4 is 40.4 Å². The summed E-state index contributed by atoms with van der Waals surface area (Å²) in [6.45, 7) is 3.62. The predicted octanol–water partition coefficient (Wildman–Crippen LogP) is 5.90. The zero-order chi connectivity index (χ0) is 31.3. The molecular weight excluding hydrogens is 584 g/mol. The van der Waals surface area contributed by atoms with Gasteiger partial charge in [-0.1, -0.05) is 35.9 Å². The molecule has 0 saturated carbocycles. The predicted molar refractivity (Wildman–Crippen MR) is 163 cm³/mol. The van der Waals surface area contributed by atoms with Gasteiger partial charge < -0.3 is 24.5 Å². The maximum absolute atomic E-state index is 13.4. The number of aliphatic hydroxyl groups is 1. The van der Waals surface area contributed by atoms with Crippen molar-refractivity contribution in [3.05, 3.63) is 87.5 Å². The first-order valence-electron chi connectivity index (χ1n) is 13.8. The molecule has 222 valence electrons. The average Bonchev–Trinajstić information content (AvgIpc) is 3.58. The van der Waals surface area contributed by atoms with Crippen molar-refractivity contribution in [2.75, 3.05) is 5.32 Å². The molecule has 0 fully saturated rings. The van der Waals surface area contributed by atoms with Crippen molar-refractivity contribution in [2.45, 2.75) is 39.5 Å². The third-order valence-electron chi connectivity index (χ3n) is 8.04. The molecule has 2 aromatic heterocycles. The van der Waals surface area contributed by atoms with Gasteiger partial charge in [-0.15, -0.1) is 0 Å². The van der Waals surface area contributed by atoms with Crippen LogP contribution in [0.5, 0.6) is 0 Å². The van der Waals surface area contributed by atoms with Crippen molar-refractivity contribution in [2.24, 2.45) is 7.05 Å². The van der Waals surface area contributed by atoms with Gasteiger partial charge in [0.2, 0.25) is 5.89 Å². The Morgan fingerprint density at radius 3 is 2.61 bits per heavy atom. The Morgan fingerprint density at radius 1 is 1.16 bits per heavy atom. The summed E-state index contributed by atoms with van der Waals surface area (Å²) in [5.74, 6) is 0.00941. The molecule has 3 aromatic carbocycles. The summed E-state index contributed by atoms with van der Waals surface area (Å²) in [6.07, 6.45) is -0.577. The van der Waals surface area contributed by atoms with E-state index in [4.69, 9.17) is 16.0 Å². The number of nitriles is 1. The van der Waals surface area contributed by atoms with Crippen LogP contribution in [0.25, 0.3) is 33.7 Å². The van der Waals surface area contributed by atoms with Crippen molar-refractivity contribution in [1.29, 1.82) is 5.26 Å². The van der Waals surface area contributed by atoms with Crippen LogP contribution in [0.3, 0.4) is 0 Å². The minimum atomic E-state index is -1.03. The maximum Gasteiger partial charge on any atom is 0.407 e. The van der Waals surface area contributed by atoms with E-state index >= 15 is 0 Å². The van der Waals surface area contributed by atoms with Gasteiger partial charge in [-0.25, -0.2) is 14.8 Å². The van der Waals surface area contributed by atoms with E-state index in [0.29, 0.717) is 56.5 Å². The number of imidazole rings is 1. The number of rotatable bonds is 5. The molecule has 0 bridgehead atoms. The van der Waals surface area contributed by atoms with Gasteiger partial charge in [-0.3, -0.25) is 9.69 Å². The number of aromatic nitrogens is 3. The molecular formula is C32H27ClN6O5. The first kappa shape index (κ1) is 28.9. The molecule has 1 aliphatic heterocycles. The van der Waals surface area contributed by atoms with Gasteiger partial charge in [0.1, 0.15) is 11.6 Å². The average molecular weight is 611 g/mol. The van der Waals surface area contributed by atoms with Crippen molar-refractivity contribution in [3.63, 3.8) is 0 Å². The number of fused-ring (bicyclic) bond motifs is 2. The fraction of sp³-hybridized carbons (Fsp3) is 0.219. The molecule has 0 aliphatic carbocycles. The number of hydrogen-bond donors (Lipinski definition) is 3. The number of amides is 2. The van der Waals surface area contributed by atoms with Crippen molar-refractivity contribution in [3.8, 4) is 28.7 Å². The highest BCUT2D eigenvalue weighted by molar-refractivity contribution is 6.36. The van der Waals surface area contributed by atoms with Gasteiger partial charge in [0.25, 0.3) is 5.91 Å². The van der Waals surface area contributed by atoms with Crippen LogP contribution in [0.2, 0.25) is 5.02 Å². The Bertz CT molecular complexity index is 2020. The fourth-order valence-electron chi connectivity index (χ4n) is 5.69. The molecule has 2 amide bonds. The van der Waals surface area contributed by atoms with Gasteiger partial charge in [0.05, 0.1) is 35.1 Å². The van der Waals surface area contributed by atoms with Gasteiger partial charge in [-0.05, 0) is 54.8 Å². The van der Waals surface area contributed by atoms with Crippen LogP contribution in [0, 0.1) is 18.3 Å². The minimum Gasteiger partial charge on any atom is -0.465 e. The van der Waals surface area contributed by atoms with Crippen LogP contribution in [-0.2, 0) is 26.6 Å². The number of carbonyl (C=O) groups is 2. The molecule has 1 aliphatic rings. The number of carbonyl (C=O) groups excluding carboxylic acids is 1. The van der Waals surface area contributed by atoms with E-state index in [-0.39, 0.29) is 30.6 Å². The summed E-state index contributed by atoms with van der Waals surface area (Å²) < 4.78 is 7.73. The topological polar surface area (TPSA) is 158 Å². The third kappa shape index (κ3) is 4.84. The highest BCUT2D eigenvalue weighted by Crippen LogP contribution is 2.39. The van der Waals surface area contributed by atoms with Crippen LogP contribution in [0.15, 0.2) is 52.9 Å². The van der Waals surface area contributed by atoms with Crippen LogP contribution >= 0.6 is 11.6 Å². The summed E-state index contributed by atoms with van der Waals surface area (Å²) in [4.78, 5) is 35.4. The Balaban J connectivity index is 1.32. The molecule has 6 rings (SSSR count). The largest absolute Gasteiger partial charge is 0.465 e. The summed E-state index contributed by atoms with van der Waals surface area (Å²) >= 11 is 6.88. The highest BCUT2D eigenvalue weighted by atomic mass is 35.5. The standard InChI is InChI=1S/C32H27ClN6O5/c1-16-10-26-25(14-39(16)32(42)43)35-29(38(26)3)30(41)36-23-9-5-8-22(27(23)33)20-6-4-7-21(17(20)2)31-37-24-12-18(15-40)11-19(13-34)28(24)44-31/h4-9,11-12,16,40H,10,14-15H2,1-3H3,(H,36,41)(H,42,43). The molecule has 3 heterocycles. The van der Waals surface area contributed by atoms with E-state index in [1.54, 1.807) is 35.9 Å². The lowest BCUT2D eigenvalue weighted by Gasteiger charge is -2.30. The molecule has 5 aromatic rings. The molecule has 12 heteroatoms.